The van der Waals surface area contributed by atoms with Gasteiger partial charge in [-0.25, -0.2) is 4.79 Å². The summed E-state index contributed by atoms with van der Waals surface area (Å²) in [4.78, 5) is 23.0. The number of carbonyl (C=O) groups is 2. The fourth-order valence-electron chi connectivity index (χ4n) is 1.43. The molecule has 1 aromatic carbocycles. The van der Waals surface area contributed by atoms with Crippen molar-refractivity contribution in [3.63, 3.8) is 0 Å². The molecule has 0 saturated heterocycles. The molecule has 0 atom stereocenters. The molecular weight excluding hydrogens is 256 g/mol. The largest absolute Gasteiger partial charge is 0.452 e. The number of hydrogen-bond acceptors (Lipinski definition) is 4. The minimum atomic E-state index is -0.630. The van der Waals surface area contributed by atoms with E-state index in [1.54, 1.807) is 6.07 Å². The Bertz CT molecular complexity index is 486. The van der Waals surface area contributed by atoms with Crippen LogP contribution in [0.3, 0.4) is 0 Å². The molecule has 6 heteroatoms. The van der Waals surface area contributed by atoms with Gasteiger partial charge in [0.05, 0.1) is 5.56 Å². The number of nitrogen functional groups attached to an aromatic ring is 1. The Labute approximate surface area is 109 Å². The quantitative estimate of drug-likeness (QED) is 0.638. The van der Waals surface area contributed by atoms with Crippen molar-refractivity contribution in [1.82, 2.24) is 5.32 Å². The minimum absolute atomic E-state index is 0.207. The molecule has 1 aliphatic carbocycles. The first-order chi connectivity index (χ1) is 8.56. The fraction of sp³-hybridized carbons (Fsp3) is 0.333. The van der Waals surface area contributed by atoms with E-state index in [4.69, 9.17) is 22.1 Å². The molecule has 3 N–H and O–H groups in total. The molecule has 0 aromatic heterocycles. The van der Waals surface area contributed by atoms with Gasteiger partial charge in [0.2, 0.25) is 0 Å². The van der Waals surface area contributed by atoms with Gasteiger partial charge in [0.25, 0.3) is 5.91 Å². The van der Waals surface area contributed by atoms with Gasteiger partial charge in [-0.05, 0) is 31.0 Å². The zero-order valence-corrected chi connectivity index (χ0v) is 10.4. The fourth-order valence-corrected chi connectivity index (χ4v) is 1.61. The number of rotatable bonds is 4. The van der Waals surface area contributed by atoms with Crippen LogP contribution < -0.4 is 11.1 Å². The summed E-state index contributed by atoms with van der Waals surface area (Å²) < 4.78 is 4.87. The van der Waals surface area contributed by atoms with E-state index in [0.717, 1.165) is 12.8 Å². The third-order valence-electron chi connectivity index (χ3n) is 2.51. The molecule has 0 aliphatic heterocycles. The van der Waals surface area contributed by atoms with Gasteiger partial charge < -0.3 is 15.8 Å². The lowest BCUT2D eigenvalue weighted by Gasteiger charge is -2.07. The van der Waals surface area contributed by atoms with Crippen molar-refractivity contribution in [2.45, 2.75) is 18.9 Å². The molecule has 96 valence electrons. The molecule has 0 bridgehead atoms. The van der Waals surface area contributed by atoms with Crippen molar-refractivity contribution in [2.75, 3.05) is 12.3 Å². The highest BCUT2D eigenvalue weighted by Crippen LogP contribution is 2.19. The average molecular weight is 269 g/mol. The summed E-state index contributed by atoms with van der Waals surface area (Å²) in [5, 5.41) is 3.16. The molecule has 1 fully saturated rings. The standard InChI is InChI=1S/C12H13ClN2O3/c13-7-1-4-9(10(14)5-7)12(17)18-6-11(16)15-8-2-3-8/h1,4-5,8H,2-3,6,14H2,(H,15,16). The maximum Gasteiger partial charge on any atom is 0.340 e. The molecule has 1 aliphatic rings. The van der Waals surface area contributed by atoms with Crippen molar-refractivity contribution in [2.24, 2.45) is 0 Å². The van der Waals surface area contributed by atoms with Gasteiger partial charge in [-0.1, -0.05) is 11.6 Å². The number of nitrogens with one attached hydrogen (secondary N) is 1. The third kappa shape index (κ3) is 3.37. The molecule has 0 unspecified atom stereocenters. The summed E-state index contributed by atoms with van der Waals surface area (Å²) in [6.07, 6.45) is 1.98. The predicted molar refractivity (Wildman–Crippen MR) is 67.3 cm³/mol. The normalized spacial score (nSPS) is 14.1. The number of anilines is 1. The van der Waals surface area contributed by atoms with Crippen LogP contribution in [0.1, 0.15) is 23.2 Å². The first-order valence-electron chi connectivity index (χ1n) is 5.58. The van der Waals surface area contributed by atoms with Crippen molar-refractivity contribution < 1.29 is 14.3 Å². The summed E-state index contributed by atoms with van der Waals surface area (Å²) in [6.45, 7) is -0.294. The second kappa shape index (κ2) is 5.27. The second-order valence-corrected chi connectivity index (χ2v) is 4.59. The van der Waals surface area contributed by atoms with Crippen molar-refractivity contribution >= 4 is 29.2 Å². The predicted octanol–water partition coefficient (Wildman–Crippen LogP) is 1.36. The molecule has 2 rings (SSSR count). The van der Waals surface area contributed by atoms with Crippen LogP contribution in [0.4, 0.5) is 5.69 Å². The Kier molecular flexibility index (Phi) is 3.72. The topological polar surface area (TPSA) is 81.4 Å². The molecule has 1 saturated carbocycles. The summed E-state index contributed by atoms with van der Waals surface area (Å²) >= 11 is 5.72. The van der Waals surface area contributed by atoms with Crippen molar-refractivity contribution in [3.8, 4) is 0 Å². The molecule has 5 nitrogen and oxygen atoms in total. The van der Waals surface area contributed by atoms with Crippen LogP contribution in [0, 0.1) is 0 Å². The summed E-state index contributed by atoms with van der Waals surface area (Å²) in [5.74, 6) is -0.923. The molecular formula is C12H13ClN2O3. The van der Waals surface area contributed by atoms with E-state index < -0.39 is 5.97 Å². The van der Waals surface area contributed by atoms with E-state index in [0.29, 0.717) is 5.02 Å². The lowest BCUT2D eigenvalue weighted by Crippen LogP contribution is -2.30. The SMILES string of the molecule is Nc1cc(Cl)ccc1C(=O)OCC(=O)NC1CC1. The van der Waals surface area contributed by atoms with Gasteiger partial charge in [0.15, 0.2) is 6.61 Å². The maximum atomic E-state index is 11.7. The van der Waals surface area contributed by atoms with E-state index in [-0.39, 0.29) is 29.8 Å². The lowest BCUT2D eigenvalue weighted by molar-refractivity contribution is -0.124. The van der Waals surface area contributed by atoms with Crippen LogP contribution in [0.15, 0.2) is 18.2 Å². The number of carbonyl (C=O) groups excluding carboxylic acids is 2. The van der Waals surface area contributed by atoms with Crippen LogP contribution in [-0.4, -0.2) is 24.5 Å². The highest BCUT2D eigenvalue weighted by Gasteiger charge is 2.23. The van der Waals surface area contributed by atoms with Crippen LogP contribution in [0.2, 0.25) is 5.02 Å². The molecule has 18 heavy (non-hydrogen) atoms. The van der Waals surface area contributed by atoms with E-state index in [1.165, 1.54) is 12.1 Å². The highest BCUT2D eigenvalue weighted by atomic mass is 35.5. The Morgan fingerprint density at radius 1 is 1.44 bits per heavy atom. The zero-order valence-electron chi connectivity index (χ0n) is 9.61. The Hall–Kier alpha value is -1.75. The monoisotopic (exact) mass is 268 g/mol. The van der Waals surface area contributed by atoms with Crippen LogP contribution in [0.25, 0.3) is 0 Å². The minimum Gasteiger partial charge on any atom is -0.452 e. The molecule has 0 radical (unpaired) electrons. The van der Waals surface area contributed by atoms with Gasteiger partial charge >= 0.3 is 5.97 Å². The zero-order chi connectivity index (χ0) is 13.1. The Balaban J connectivity index is 1.88. The maximum absolute atomic E-state index is 11.7. The summed E-state index contributed by atoms with van der Waals surface area (Å²) in [6, 6.07) is 4.72. The molecule has 0 spiro atoms. The second-order valence-electron chi connectivity index (χ2n) is 4.15. The highest BCUT2D eigenvalue weighted by molar-refractivity contribution is 6.31. The molecule has 0 heterocycles. The van der Waals surface area contributed by atoms with E-state index >= 15 is 0 Å². The first kappa shape index (κ1) is 12.7. The average Bonchev–Trinajstić information content (AvgIpc) is 3.10. The van der Waals surface area contributed by atoms with E-state index in [1.807, 2.05) is 0 Å². The summed E-state index contributed by atoms with van der Waals surface area (Å²) in [5.41, 5.74) is 6.07. The number of benzene rings is 1. The van der Waals surface area contributed by atoms with Crippen LogP contribution in [0.5, 0.6) is 0 Å². The van der Waals surface area contributed by atoms with Gasteiger partial charge in [0, 0.05) is 16.8 Å². The van der Waals surface area contributed by atoms with Gasteiger partial charge in [-0.15, -0.1) is 0 Å². The number of hydrogen-bond donors (Lipinski definition) is 2. The van der Waals surface area contributed by atoms with Crippen molar-refractivity contribution in [3.05, 3.63) is 28.8 Å². The number of ether oxygens (including phenoxy) is 1. The smallest absolute Gasteiger partial charge is 0.340 e. The number of halogens is 1. The molecule has 1 amide bonds. The van der Waals surface area contributed by atoms with Gasteiger partial charge in [0.1, 0.15) is 0 Å². The first-order valence-corrected chi connectivity index (χ1v) is 5.95. The molecule has 1 aromatic rings. The van der Waals surface area contributed by atoms with E-state index in [2.05, 4.69) is 5.32 Å². The number of esters is 1. The third-order valence-corrected chi connectivity index (χ3v) is 2.75. The van der Waals surface area contributed by atoms with Gasteiger partial charge in [-0.3, -0.25) is 4.79 Å². The number of nitrogens with two attached hydrogens (primary N) is 1. The van der Waals surface area contributed by atoms with Crippen molar-refractivity contribution in [1.29, 1.82) is 0 Å². The van der Waals surface area contributed by atoms with Crippen LogP contribution >= 0.6 is 11.6 Å². The number of amides is 1. The Morgan fingerprint density at radius 2 is 2.17 bits per heavy atom. The Morgan fingerprint density at radius 3 is 2.78 bits per heavy atom. The summed E-state index contributed by atoms with van der Waals surface area (Å²) in [7, 11) is 0. The van der Waals surface area contributed by atoms with Crippen LogP contribution in [-0.2, 0) is 9.53 Å². The van der Waals surface area contributed by atoms with E-state index in [9.17, 15) is 9.59 Å². The van der Waals surface area contributed by atoms with Gasteiger partial charge in [-0.2, -0.15) is 0 Å². The lowest BCUT2D eigenvalue weighted by atomic mass is 10.2.